The van der Waals surface area contributed by atoms with E-state index in [1.165, 1.54) is 19.3 Å². The van der Waals surface area contributed by atoms with Crippen LogP contribution in [0.2, 0.25) is 0 Å². The Hall–Kier alpha value is -0.690. The third kappa shape index (κ3) is 4.80. The molecule has 0 radical (unpaired) electrons. The standard InChI is InChI=1S/C31H54O6/c1-17(2)18(3)27(35-8)28(36-9)19(4)21-10-11-22-20-16-37-29(33)24-14-25(32)26(34-7)15-31(24,6)23(20)12-13-30(21,22)5/h17-28,32H,10-16H2,1-9H3/t18-,19-,20-,21+,22-,23-,24+,25-,26+,27+,28+,30+,31+/m0/s1. The van der Waals surface area contributed by atoms with Gasteiger partial charge in [-0.1, -0.05) is 41.5 Å². The zero-order valence-electron chi connectivity index (χ0n) is 24.9. The first-order valence-electron chi connectivity index (χ1n) is 14.9. The van der Waals surface area contributed by atoms with E-state index in [4.69, 9.17) is 18.9 Å². The molecule has 1 saturated heterocycles. The SMILES string of the molecule is CO[C@H]([C@@H](C)[C@H]1CC[C@H]2[C@@H]3COC(=O)[C@H]4C[C@H](O)[C@H](OC)C[C@]4(C)[C@H]3CC[C@]12C)[C@H](OC)[C@@H](C)C(C)C. The van der Waals surface area contributed by atoms with Crippen molar-refractivity contribution < 1.29 is 28.8 Å². The maximum Gasteiger partial charge on any atom is 0.309 e. The summed E-state index contributed by atoms with van der Waals surface area (Å²) < 4.78 is 24.0. The third-order valence-corrected chi connectivity index (χ3v) is 12.3. The monoisotopic (exact) mass is 522 g/mol. The van der Waals surface area contributed by atoms with Gasteiger partial charge in [-0.05, 0) is 90.8 Å². The molecule has 0 aromatic rings. The third-order valence-electron chi connectivity index (χ3n) is 12.3. The lowest BCUT2D eigenvalue weighted by Gasteiger charge is -2.56. The van der Waals surface area contributed by atoms with Gasteiger partial charge >= 0.3 is 5.97 Å². The molecule has 0 unspecified atom stereocenters. The van der Waals surface area contributed by atoms with Gasteiger partial charge in [0.15, 0.2) is 0 Å². The maximum absolute atomic E-state index is 13.2. The number of methoxy groups -OCH3 is 3. The Morgan fingerprint density at radius 3 is 2.19 bits per heavy atom. The Morgan fingerprint density at radius 1 is 0.946 bits per heavy atom. The van der Waals surface area contributed by atoms with E-state index in [1.54, 1.807) is 7.11 Å². The average Bonchev–Trinajstić information content (AvgIpc) is 3.18. The smallest absolute Gasteiger partial charge is 0.309 e. The van der Waals surface area contributed by atoms with Crippen molar-refractivity contribution in [1.29, 1.82) is 0 Å². The van der Waals surface area contributed by atoms with Gasteiger partial charge in [0.2, 0.25) is 0 Å². The zero-order valence-corrected chi connectivity index (χ0v) is 24.9. The van der Waals surface area contributed by atoms with Crippen molar-refractivity contribution in [3.05, 3.63) is 0 Å². The van der Waals surface area contributed by atoms with E-state index < -0.39 is 6.10 Å². The minimum absolute atomic E-state index is 0.0526. The molecule has 0 aromatic heterocycles. The van der Waals surface area contributed by atoms with Gasteiger partial charge in [0.1, 0.15) is 0 Å². The summed E-state index contributed by atoms with van der Waals surface area (Å²) in [6, 6.07) is 0. The van der Waals surface area contributed by atoms with Crippen LogP contribution in [0.3, 0.4) is 0 Å². The van der Waals surface area contributed by atoms with Crippen molar-refractivity contribution in [2.75, 3.05) is 27.9 Å². The van der Waals surface area contributed by atoms with Crippen LogP contribution in [0.1, 0.15) is 80.1 Å². The fraction of sp³-hybridized carbons (Fsp3) is 0.968. The summed E-state index contributed by atoms with van der Waals surface area (Å²) in [6.45, 7) is 14.5. The number of fused-ring (bicyclic) bond motifs is 5. The molecule has 0 spiro atoms. The summed E-state index contributed by atoms with van der Waals surface area (Å²) in [4.78, 5) is 13.2. The highest BCUT2D eigenvalue weighted by Gasteiger charge is 2.63. The minimum Gasteiger partial charge on any atom is -0.465 e. The van der Waals surface area contributed by atoms with Gasteiger partial charge in [-0.3, -0.25) is 4.79 Å². The molecular weight excluding hydrogens is 468 g/mol. The molecule has 0 aromatic carbocycles. The van der Waals surface area contributed by atoms with Gasteiger partial charge < -0.3 is 24.1 Å². The van der Waals surface area contributed by atoms with Crippen LogP contribution in [0, 0.1) is 58.2 Å². The van der Waals surface area contributed by atoms with E-state index in [2.05, 4.69) is 41.5 Å². The van der Waals surface area contributed by atoms with E-state index in [0.717, 1.165) is 12.8 Å². The first kappa shape index (κ1) is 29.3. The first-order valence-corrected chi connectivity index (χ1v) is 14.9. The Labute approximate surface area is 225 Å². The number of carbonyl (C=O) groups excluding carboxylic acids is 1. The van der Waals surface area contributed by atoms with E-state index in [0.29, 0.717) is 54.5 Å². The van der Waals surface area contributed by atoms with Gasteiger partial charge in [-0.25, -0.2) is 0 Å². The Bertz CT molecular complexity index is 801. The number of aliphatic hydroxyl groups is 1. The van der Waals surface area contributed by atoms with Crippen molar-refractivity contribution in [2.45, 2.75) is 104 Å². The van der Waals surface area contributed by atoms with Gasteiger partial charge in [0, 0.05) is 21.3 Å². The molecular formula is C31H54O6. The molecule has 1 aliphatic heterocycles. The van der Waals surface area contributed by atoms with Gasteiger partial charge in [-0.15, -0.1) is 0 Å². The zero-order chi connectivity index (χ0) is 27.3. The summed E-state index contributed by atoms with van der Waals surface area (Å²) >= 11 is 0. The first-order chi connectivity index (χ1) is 17.4. The Morgan fingerprint density at radius 2 is 1.59 bits per heavy atom. The maximum atomic E-state index is 13.2. The van der Waals surface area contributed by atoms with Crippen LogP contribution >= 0.6 is 0 Å². The van der Waals surface area contributed by atoms with Gasteiger partial charge in [0.25, 0.3) is 0 Å². The van der Waals surface area contributed by atoms with Gasteiger partial charge in [-0.2, -0.15) is 0 Å². The predicted octanol–water partition coefficient (Wildman–Crippen LogP) is 5.35. The fourth-order valence-electron chi connectivity index (χ4n) is 9.82. The van der Waals surface area contributed by atoms with Crippen LogP contribution < -0.4 is 0 Å². The summed E-state index contributed by atoms with van der Waals surface area (Å²) in [7, 11) is 5.37. The van der Waals surface area contributed by atoms with E-state index in [1.807, 2.05) is 14.2 Å². The molecule has 6 nitrogen and oxygen atoms in total. The average molecular weight is 523 g/mol. The number of carbonyl (C=O) groups is 1. The highest BCUT2D eigenvalue weighted by molar-refractivity contribution is 5.74. The summed E-state index contributed by atoms with van der Waals surface area (Å²) in [6.07, 6.45) is 5.10. The van der Waals surface area contributed by atoms with E-state index in [9.17, 15) is 9.90 Å². The molecule has 4 fully saturated rings. The lowest BCUT2D eigenvalue weighted by Crippen LogP contribution is -2.55. The highest BCUT2D eigenvalue weighted by Crippen LogP contribution is 2.66. The number of rotatable bonds is 8. The number of ether oxygens (including phenoxy) is 4. The van der Waals surface area contributed by atoms with E-state index >= 15 is 0 Å². The molecule has 3 aliphatic carbocycles. The Balaban J connectivity index is 1.60. The van der Waals surface area contributed by atoms with Crippen molar-refractivity contribution in [3.63, 3.8) is 0 Å². The second kappa shape index (κ2) is 11.1. The van der Waals surface area contributed by atoms with Crippen molar-refractivity contribution >= 4 is 5.97 Å². The van der Waals surface area contributed by atoms with E-state index in [-0.39, 0.29) is 41.0 Å². The Kier molecular flexibility index (Phi) is 8.76. The molecule has 1 N–H and O–H groups in total. The molecule has 4 rings (SSSR count). The number of hydrogen-bond donors (Lipinski definition) is 1. The lowest BCUT2D eigenvalue weighted by molar-refractivity contribution is -0.164. The van der Waals surface area contributed by atoms with Crippen LogP contribution in [-0.4, -0.2) is 63.4 Å². The molecule has 37 heavy (non-hydrogen) atoms. The molecule has 1 heterocycles. The molecule has 4 aliphatic rings. The van der Waals surface area contributed by atoms with Crippen LogP contribution in [0.5, 0.6) is 0 Å². The molecule has 0 amide bonds. The van der Waals surface area contributed by atoms with Crippen molar-refractivity contribution in [1.82, 2.24) is 0 Å². The topological polar surface area (TPSA) is 74.2 Å². The van der Waals surface area contributed by atoms with Crippen LogP contribution in [0.25, 0.3) is 0 Å². The largest absolute Gasteiger partial charge is 0.465 e. The molecule has 6 heteroatoms. The summed E-state index contributed by atoms with van der Waals surface area (Å²) in [5, 5.41) is 10.7. The second-order valence-electron chi connectivity index (χ2n) is 13.9. The summed E-state index contributed by atoms with van der Waals surface area (Å²) in [5.74, 6) is 2.79. The second-order valence-corrected chi connectivity index (χ2v) is 13.9. The quantitative estimate of drug-likeness (QED) is 0.433. The summed E-state index contributed by atoms with van der Waals surface area (Å²) in [5.41, 5.74) is -0.0136. The predicted molar refractivity (Wildman–Crippen MR) is 144 cm³/mol. The van der Waals surface area contributed by atoms with Gasteiger partial charge in [0.05, 0.1) is 36.9 Å². The fourth-order valence-corrected chi connectivity index (χ4v) is 9.82. The lowest BCUT2D eigenvalue weighted by atomic mass is 9.48. The van der Waals surface area contributed by atoms with Crippen LogP contribution in [0.15, 0.2) is 0 Å². The number of hydrogen-bond acceptors (Lipinski definition) is 6. The molecule has 0 bridgehead atoms. The van der Waals surface area contributed by atoms with Crippen LogP contribution in [0.4, 0.5) is 0 Å². The minimum atomic E-state index is -0.606. The molecule has 214 valence electrons. The number of cyclic esters (lactones) is 1. The molecule has 3 saturated carbocycles. The number of esters is 1. The number of aliphatic hydroxyl groups excluding tert-OH is 1. The highest BCUT2D eigenvalue weighted by atomic mass is 16.5. The molecule has 13 atom stereocenters. The van der Waals surface area contributed by atoms with Crippen molar-refractivity contribution in [3.8, 4) is 0 Å². The normalized spacial score (nSPS) is 45.2. The van der Waals surface area contributed by atoms with Crippen molar-refractivity contribution in [2.24, 2.45) is 58.2 Å². The van der Waals surface area contributed by atoms with Crippen LogP contribution in [-0.2, 0) is 23.7 Å².